The lowest BCUT2D eigenvalue weighted by atomic mass is 10.9. The van der Waals surface area contributed by atoms with Gasteiger partial charge in [-0.3, -0.25) is 13.8 Å². The minimum atomic E-state index is -2.89. The molecule has 0 spiro atoms. The molecule has 5 heteroatoms. The zero-order valence-electron chi connectivity index (χ0n) is 4.83. The Morgan fingerprint density at radius 1 is 1.78 bits per heavy atom. The molecule has 0 aliphatic carbocycles. The van der Waals surface area contributed by atoms with Crippen LogP contribution in [0.3, 0.4) is 0 Å². The van der Waals surface area contributed by atoms with Gasteiger partial charge in [-0.2, -0.15) is 0 Å². The normalized spacial score (nSPS) is 12.7. The number of hydrogen-bond donors (Lipinski definition) is 1. The van der Waals surface area contributed by atoms with E-state index in [0.717, 1.165) is 0 Å². The molecule has 0 unspecified atom stereocenters. The molecule has 0 aromatic carbocycles. The molecule has 0 heterocycles. The van der Waals surface area contributed by atoms with Gasteiger partial charge < -0.3 is 0 Å². The molecule has 0 saturated heterocycles. The summed E-state index contributed by atoms with van der Waals surface area (Å²) in [6.07, 6.45) is 1.22. The van der Waals surface area contributed by atoms with Gasteiger partial charge in [-0.25, -0.2) is 0 Å². The van der Waals surface area contributed by atoms with Crippen LogP contribution in [0.1, 0.15) is 0 Å². The molecule has 0 N–H and O–H groups in total. The third kappa shape index (κ3) is 4.29. The van der Waals surface area contributed by atoms with Crippen LogP contribution >= 0.6 is 11.6 Å². The lowest BCUT2D eigenvalue weighted by molar-refractivity contribution is -0.109. The highest BCUT2D eigenvalue weighted by Crippen LogP contribution is 1.95. The molecule has 0 aromatic heterocycles. The molecule has 0 amide bonds. The molecule has 0 atom stereocenters. The summed E-state index contributed by atoms with van der Waals surface area (Å²) in [7, 11) is -2.89. The molecule has 0 aliphatic rings. The summed E-state index contributed by atoms with van der Waals surface area (Å²) < 4.78 is 10.7. The van der Waals surface area contributed by atoms with E-state index >= 15 is 0 Å². The summed E-state index contributed by atoms with van der Waals surface area (Å²) in [4.78, 5) is 19.9. The Hall–Kier alpha value is -0.220. The Balaban J connectivity index is 4.03. The van der Waals surface area contributed by atoms with E-state index in [0.29, 0.717) is 0 Å². The summed E-state index contributed by atoms with van der Waals surface area (Å²) >= 11 is 4.87. The third-order valence-corrected chi connectivity index (χ3v) is 2.34. The maximum absolute atomic E-state index is 10.7. The topological polar surface area (TPSA) is 51.2 Å². The summed E-state index contributed by atoms with van der Waals surface area (Å²) in [6, 6.07) is 0. The van der Waals surface area contributed by atoms with Gasteiger partial charge in [0.15, 0.2) is 5.62 Å². The van der Waals surface area contributed by atoms with Gasteiger partial charge in [0, 0.05) is 0 Å². The van der Waals surface area contributed by atoms with Crippen molar-refractivity contribution in [1.82, 2.24) is 0 Å². The Morgan fingerprint density at radius 3 is 2.33 bits per heavy atom. The molecule has 54 valence electrons. The van der Waals surface area contributed by atoms with Gasteiger partial charge >= 0.3 is 0 Å². The molecule has 3 nitrogen and oxygen atoms in total. The van der Waals surface area contributed by atoms with Crippen LogP contribution < -0.4 is 0 Å². The van der Waals surface area contributed by atoms with E-state index in [-0.39, 0.29) is 11.4 Å². The van der Waals surface area contributed by atoms with Gasteiger partial charge in [0.05, 0.1) is 5.75 Å². The minimum absolute atomic E-state index is 0.285. The van der Waals surface area contributed by atoms with Gasteiger partial charge in [0.2, 0.25) is 5.24 Å². The lowest BCUT2D eigenvalue weighted by Gasteiger charge is -2.03. The molecule has 0 bridgehead atoms. The van der Waals surface area contributed by atoms with Crippen LogP contribution in [-0.2, 0) is 19.5 Å². The fourth-order valence-corrected chi connectivity index (χ4v) is 1.56. The summed E-state index contributed by atoms with van der Waals surface area (Å²) in [5, 5.41) is -0.729. The van der Waals surface area contributed by atoms with Crippen LogP contribution in [0.25, 0.3) is 0 Å². The predicted molar refractivity (Wildman–Crippen MR) is 37.9 cm³/mol. The summed E-state index contributed by atoms with van der Waals surface area (Å²) in [5.74, 6) is -0.335. The van der Waals surface area contributed by atoms with Crippen LogP contribution in [-0.4, -0.2) is 27.1 Å². The maximum atomic E-state index is 10.7. The molecule has 0 saturated carbocycles. The van der Waals surface area contributed by atoms with Gasteiger partial charge in [-0.05, 0) is 27.8 Å². The van der Waals surface area contributed by atoms with Crippen molar-refractivity contribution in [3.05, 3.63) is 0 Å². The van der Waals surface area contributed by atoms with Crippen molar-refractivity contribution in [3.8, 4) is 0 Å². The summed E-state index contributed by atoms with van der Waals surface area (Å²) in [5.41, 5.74) is 0.285. The first-order chi connectivity index (χ1) is 3.98. The van der Waals surface area contributed by atoms with Crippen molar-refractivity contribution in [1.29, 1.82) is 0 Å². The van der Waals surface area contributed by atoms with Crippen LogP contribution in [0.4, 0.5) is 0 Å². The zero-order chi connectivity index (χ0) is 7.49. The van der Waals surface area contributed by atoms with E-state index in [1.807, 2.05) is 0 Å². The Morgan fingerprint density at radius 2 is 2.22 bits per heavy atom. The average molecular weight is 171 g/mol. The number of rotatable bonds is 3. The lowest BCUT2D eigenvalue weighted by Crippen LogP contribution is -2.19. The quantitative estimate of drug-likeness (QED) is 0.356. The standard InChI is InChI=1S/C4H7ClO3S/c1-9(8,3-6)2-4(5)7/h3,9H,2H2,1H3. The highest BCUT2D eigenvalue weighted by atomic mass is 35.5. The van der Waals surface area contributed by atoms with Crippen molar-refractivity contribution < 1.29 is 13.8 Å². The van der Waals surface area contributed by atoms with E-state index in [4.69, 9.17) is 11.6 Å². The largest absolute Gasteiger partial charge is 0.290 e. The van der Waals surface area contributed by atoms with Crippen LogP contribution in [0, 0.1) is 0 Å². The second-order valence-electron chi connectivity index (χ2n) is 1.79. The second kappa shape index (κ2) is 3.08. The predicted octanol–water partition coefficient (Wildman–Crippen LogP) is -0.411. The fourth-order valence-electron chi connectivity index (χ4n) is 0.284. The second-order valence-corrected chi connectivity index (χ2v) is 5.09. The van der Waals surface area contributed by atoms with Gasteiger partial charge in [-0.1, -0.05) is 0 Å². The number of halogens is 1. The third-order valence-electron chi connectivity index (χ3n) is 0.661. The molecule has 0 radical (unpaired) electrons. The molecule has 0 fully saturated rings. The Labute approximate surface area is 58.8 Å². The van der Waals surface area contributed by atoms with Crippen molar-refractivity contribution in [2.24, 2.45) is 0 Å². The Bertz CT molecular complexity index is 177. The maximum Gasteiger partial charge on any atom is 0.232 e. The molecular weight excluding hydrogens is 164 g/mol. The molecule has 0 aliphatic heterocycles. The fraction of sp³-hybridized carbons (Fsp3) is 0.500. The van der Waals surface area contributed by atoms with Crippen molar-refractivity contribution in [2.75, 3.05) is 12.0 Å². The van der Waals surface area contributed by atoms with E-state index in [2.05, 4.69) is 0 Å². The smallest absolute Gasteiger partial charge is 0.232 e. The van der Waals surface area contributed by atoms with E-state index in [1.54, 1.807) is 0 Å². The summed E-state index contributed by atoms with van der Waals surface area (Å²) in [6.45, 7) is 0. The SMILES string of the molecule is C[SH](=O)(C=O)CC(=O)Cl. The van der Waals surface area contributed by atoms with Crippen LogP contribution in [0.15, 0.2) is 0 Å². The van der Waals surface area contributed by atoms with E-state index < -0.39 is 15.2 Å². The van der Waals surface area contributed by atoms with Crippen molar-refractivity contribution >= 4 is 32.4 Å². The number of carbonyl (C=O) groups is 2. The monoisotopic (exact) mass is 170 g/mol. The highest BCUT2D eigenvalue weighted by Gasteiger charge is 2.10. The first-order valence-electron chi connectivity index (χ1n) is 2.19. The first-order valence-corrected chi connectivity index (χ1v) is 4.97. The van der Waals surface area contributed by atoms with Crippen LogP contribution in [0.5, 0.6) is 0 Å². The molecule has 0 aromatic rings. The van der Waals surface area contributed by atoms with Gasteiger partial charge in [0.1, 0.15) is 0 Å². The average Bonchev–Trinajstić information content (AvgIpc) is 1.63. The number of carbonyl (C=O) groups excluding carboxylic acids is 2. The molecule has 0 rings (SSSR count). The van der Waals surface area contributed by atoms with Gasteiger partial charge in [0.25, 0.3) is 0 Å². The minimum Gasteiger partial charge on any atom is -0.290 e. The molecular formula is C4H7ClO3S. The van der Waals surface area contributed by atoms with Gasteiger partial charge in [-0.15, -0.1) is 0 Å². The number of hydrogen-bond acceptors (Lipinski definition) is 3. The van der Waals surface area contributed by atoms with E-state index in [1.165, 1.54) is 6.26 Å². The van der Waals surface area contributed by atoms with Crippen LogP contribution in [0.2, 0.25) is 0 Å². The Kier molecular flexibility index (Phi) is 3.00. The van der Waals surface area contributed by atoms with Crippen molar-refractivity contribution in [3.63, 3.8) is 0 Å². The van der Waals surface area contributed by atoms with E-state index in [9.17, 15) is 13.8 Å². The number of thiol groups is 1. The van der Waals surface area contributed by atoms with Crippen molar-refractivity contribution in [2.45, 2.75) is 0 Å². The highest BCUT2D eigenvalue weighted by molar-refractivity contribution is 8.14. The first kappa shape index (κ1) is 8.78. The molecule has 9 heavy (non-hydrogen) atoms. The zero-order valence-corrected chi connectivity index (χ0v) is 6.48.